The lowest BCUT2D eigenvalue weighted by molar-refractivity contribution is 0.382. The van der Waals surface area contributed by atoms with Crippen LogP contribution >= 0.6 is 0 Å². The zero-order chi connectivity index (χ0) is 15.3. The van der Waals surface area contributed by atoms with Crippen molar-refractivity contribution in [3.63, 3.8) is 0 Å². The smallest absolute Gasteiger partial charge is 0.218 e. The second-order valence-corrected chi connectivity index (χ2v) is 6.75. The van der Waals surface area contributed by atoms with E-state index in [4.69, 9.17) is 4.74 Å². The van der Waals surface area contributed by atoms with Crippen LogP contribution in [-0.2, 0) is 22.3 Å². The molecule has 2 rings (SSSR count). The SMILES string of the molecule is COc1ncccc1CN(C)S(=O)(=O)Cc1ccccc1. The van der Waals surface area contributed by atoms with Crippen LogP contribution in [-0.4, -0.2) is 31.9 Å². The quantitative estimate of drug-likeness (QED) is 0.819. The molecule has 0 N–H and O–H groups in total. The van der Waals surface area contributed by atoms with Crippen LogP contribution < -0.4 is 4.74 Å². The van der Waals surface area contributed by atoms with Crippen LogP contribution in [0.25, 0.3) is 0 Å². The van der Waals surface area contributed by atoms with Gasteiger partial charge >= 0.3 is 0 Å². The van der Waals surface area contributed by atoms with Gasteiger partial charge in [-0.1, -0.05) is 36.4 Å². The average molecular weight is 306 g/mol. The highest BCUT2D eigenvalue weighted by Gasteiger charge is 2.20. The first kappa shape index (κ1) is 15.5. The van der Waals surface area contributed by atoms with Gasteiger partial charge in [0.2, 0.25) is 15.9 Å². The summed E-state index contributed by atoms with van der Waals surface area (Å²) in [5.41, 5.74) is 1.50. The number of ether oxygens (including phenoxy) is 1. The van der Waals surface area contributed by atoms with Crippen LogP contribution in [0.2, 0.25) is 0 Å². The zero-order valence-corrected chi connectivity index (χ0v) is 12.9. The van der Waals surface area contributed by atoms with Gasteiger partial charge in [0.05, 0.1) is 12.9 Å². The lowest BCUT2D eigenvalue weighted by Crippen LogP contribution is -2.28. The summed E-state index contributed by atoms with van der Waals surface area (Å²) >= 11 is 0. The number of nitrogens with zero attached hydrogens (tertiary/aromatic N) is 2. The van der Waals surface area contributed by atoms with E-state index >= 15 is 0 Å². The number of hydrogen-bond acceptors (Lipinski definition) is 4. The highest BCUT2D eigenvalue weighted by atomic mass is 32.2. The fourth-order valence-corrected chi connectivity index (χ4v) is 3.13. The third kappa shape index (κ3) is 4.03. The molecule has 112 valence electrons. The Morgan fingerprint density at radius 1 is 1.14 bits per heavy atom. The van der Waals surface area contributed by atoms with Crippen molar-refractivity contribution < 1.29 is 13.2 Å². The summed E-state index contributed by atoms with van der Waals surface area (Å²) in [7, 11) is -0.308. The number of benzene rings is 1. The second-order valence-electron chi connectivity index (χ2n) is 4.67. The first-order chi connectivity index (χ1) is 10.0. The molecule has 0 aliphatic carbocycles. The van der Waals surface area contributed by atoms with Crippen LogP contribution in [0.1, 0.15) is 11.1 Å². The van der Waals surface area contributed by atoms with Crippen molar-refractivity contribution in [2.75, 3.05) is 14.2 Å². The molecule has 1 heterocycles. The van der Waals surface area contributed by atoms with Crippen LogP contribution in [0, 0.1) is 0 Å². The van der Waals surface area contributed by atoms with E-state index in [0.717, 1.165) is 11.1 Å². The number of hydrogen-bond donors (Lipinski definition) is 0. The summed E-state index contributed by atoms with van der Waals surface area (Å²) in [4.78, 5) is 4.07. The summed E-state index contributed by atoms with van der Waals surface area (Å²) in [5.74, 6) is 0.423. The molecular formula is C15H18N2O3S. The van der Waals surface area contributed by atoms with E-state index in [-0.39, 0.29) is 12.3 Å². The monoisotopic (exact) mass is 306 g/mol. The van der Waals surface area contributed by atoms with Crippen molar-refractivity contribution in [3.8, 4) is 5.88 Å². The molecule has 6 heteroatoms. The van der Waals surface area contributed by atoms with E-state index in [1.807, 2.05) is 18.2 Å². The van der Waals surface area contributed by atoms with Crippen LogP contribution in [0.15, 0.2) is 48.7 Å². The van der Waals surface area contributed by atoms with Gasteiger partial charge in [-0.25, -0.2) is 17.7 Å². The van der Waals surface area contributed by atoms with Gasteiger partial charge in [-0.3, -0.25) is 0 Å². The molecule has 5 nitrogen and oxygen atoms in total. The van der Waals surface area contributed by atoms with Crippen molar-refractivity contribution in [1.82, 2.24) is 9.29 Å². The van der Waals surface area contributed by atoms with Gasteiger partial charge in [0, 0.05) is 25.4 Å². The maximum atomic E-state index is 12.4. The Morgan fingerprint density at radius 2 is 1.86 bits per heavy atom. The lowest BCUT2D eigenvalue weighted by atomic mass is 10.2. The zero-order valence-electron chi connectivity index (χ0n) is 12.1. The number of sulfonamides is 1. The summed E-state index contributed by atoms with van der Waals surface area (Å²) in [6.07, 6.45) is 1.61. The Morgan fingerprint density at radius 3 is 2.52 bits per heavy atom. The summed E-state index contributed by atoms with van der Waals surface area (Å²) < 4.78 is 31.2. The van der Waals surface area contributed by atoms with E-state index < -0.39 is 10.0 Å². The van der Waals surface area contributed by atoms with Crippen molar-refractivity contribution in [1.29, 1.82) is 0 Å². The predicted octanol–water partition coefficient (Wildman–Crippen LogP) is 2.05. The van der Waals surface area contributed by atoms with Gasteiger partial charge in [-0.2, -0.15) is 0 Å². The topological polar surface area (TPSA) is 59.5 Å². The average Bonchev–Trinajstić information content (AvgIpc) is 2.48. The summed E-state index contributed by atoms with van der Waals surface area (Å²) in [6, 6.07) is 12.7. The van der Waals surface area contributed by atoms with Gasteiger partial charge in [-0.05, 0) is 11.6 Å². The molecule has 0 fully saturated rings. The van der Waals surface area contributed by atoms with Crippen molar-refractivity contribution >= 4 is 10.0 Å². The van der Waals surface area contributed by atoms with E-state index in [1.165, 1.54) is 11.4 Å². The number of pyridine rings is 1. The van der Waals surface area contributed by atoms with Gasteiger partial charge in [0.25, 0.3) is 0 Å². The minimum Gasteiger partial charge on any atom is -0.481 e. The maximum Gasteiger partial charge on any atom is 0.218 e. The molecular weight excluding hydrogens is 288 g/mol. The van der Waals surface area contributed by atoms with Crippen LogP contribution in [0.4, 0.5) is 0 Å². The van der Waals surface area contributed by atoms with E-state index in [0.29, 0.717) is 5.88 Å². The Hall–Kier alpha value is -1.92. The Bertz CT molecular complexity index is 687. The molecule has 0 amide bonds. The van der Waals surface area contributed by atoms with E-state index in [1.54, 1.807) is 37.5 Å². The molecule has 1 aromatic carbocycles. The third-order valence-corrected chi connectivity index (χ3v) is 4.88. The second kappa shape index (κ2) is 6.69. The number of methoxy groups -OCH3 is 1. The molecule has 0 saturated carbocycles. The van der Waals surface area contributed by atoms with Crippen molar-refractivity contribution in [2.24, 2.45) is 0 Å². The van der Waals surface area contributed by atoms with Crippen molar-refractivity contribution in [3.05, 3.63) is 59.8 Å². The normalized spacial score (nSPS) is 11.6. The van der Waals surface area contributed by atoms with Crippen LogP contribution in [0.5, 0.6) is 5.88 Å². The van der Waals surface area contributed by atoms with Gasteiger partial charge < -0.3 is 4.74 Å². The molecule has 0 atom stereocenters. The molecule has 0 spiro atoms. The van der Waals surface area contributed by atoms with Crippen LogP contribution in [0.3, 0.4) is 0 Å². The highest BCUT2D eigenvalue weighted by Crippen LogP contribution is 2.18. The third-order valence-electron chi connectivity index (χ3n) is 3.10. The molecule has 0 unspecified atom stereocenters. The number of aromatic nitrogens is 1. The minimum atomic E-state index is -3.39. The maximum absolute atomic E-state index is 12.4. The highest BCUT2D eigenvalue weighted by molar-refractivity contribution is 7.88. The van der Waals surface area contributed by atoms with Gasteiger partial charge in [0.1, 0.15) is 0 Å². The summed E-state index contributed by atoms with van der Waals surface area (Å²) in [6.45, 7) is 0.228. The fourth-order valence-electron chi connectivity index (χ4n) is 1.96. The summed E-state index contributed by atoms with van der Waals surface area (Å²) in [5, 5.41) is 0. The largest absolute Gasteiger partial charge is 0.481 e. The minimum absolute atomic E-state index is 0.0209. The predicted molar refractivity (Wildman–Crippen MR) is 81.3 cm³/mol. The molecule has 0 radical (unpaired) electrons. The molecule has 0 aliphatic rings. The van der Waals surface area contributed by atoms with Gasteiger partial charge in [-0.15, -0.1) is 0 Å². The first-order valence-electron chi connectivity index (χ1n) is 6.49. The fraction of sp³-hybridized carbons (Fsp3) is 0.267. The molecule has 0 saturated heterocycles. The Balaban J connectivity index is 2.13. The Labute approximate surface area is 125 Å². The molecule has 1 aromatic heterocycles. The first-order valence-corrected chi connectivity index (χ1v) is 8.09. The lowest BCUT2D eigenvalue weighted by Gasteiger charge is -2.18. The molecule has 21 heavy (non-hydrogen) atoms. The Kier molecular flexibility index (Phi) is 4.93. The van der Waals surface area contributed by atoms with Gasteiger partial charge in [0.15, 0.2) is 0 Å². The molecule has 0 bridgehead atoms. The molecule has 2 aromatic rings. The van der Waals surface area contributed by atoms with E-state index in [2.05, 4.69) is 4.98 Å². The number of rotatable bonds is 6. The standard InChI is InChI=1S/C15H18N2O3S/c1-17(11-14-9-6-10-16-15(14)20-2)21(18,19)12-13-7-4-3-5-8-13/h3-10H,11-12H2,1-2H3. The molecule has 0 aliphatic heterocycles. The van der Waals surface area contributed by atoms with Crippen molar-refractivity contribution in [2.45, 2.75) is 12.3 Å². The van der Waals surface area contributed by atoms with E-state index in [9.17, 15) is 8.42 Å².